The van der Waals surface area contributed by atoms with Crippen LogP contribution in [0.5, 0.6) is 0 Å². The lowest BCUT2D eigenvalue weighted by atomic mass is 10.1. The molecule has 150 valence electrons. The maximum absolute atomic E-state index is 12.9. The number of para-hydroxylation sites is 1. The van der Waals surface area contributed by atoms with Crippen LogP contribution in [0.15, 0.2) is 48.7 Å². The van der Waals surface area contributed by atoms with Crippen LogP contribution in [-0.4, -0.2) is 58.0 Å². The molecule has 1 saturated heterocycles. The van der Waals surface area contributed by atoms with Crippen LogP contribution in [0, 0.1) is 0 Å². The molecule has 6 nitrogen and oxygen atoms in total. The van der Waals surface area contributed by atoms with Gasteiger partial charge in [0.2, 0.25) is 0 Å². The van der Waals surface area contributed by atoms with Gasteiger partial charge < -0.3 is 9.80 Å². The number of aromatic amines is 1. The molecule has 0 spiro atoms. The summed E-state index contributed by atoms with van der Waals surface area (Å²) < 4.78 is 38.0. The molecule has 4 rings (SSSR count). The second kappa shape index (κ2) is 7.23. The molecule has 2 aromatic carbocycles. The van der Waals surface area contributed by atoms with E-state index in [1.54, 1.807) is 28.1 Å². The topological polar surface area (TPSA) is 69.3 Å². The second-order valence-corrected chi connectivity index (χ2v) is 6.80. The Labute approximate surface area is 163 Å². The molecule has 0 unspecified atom stereocenters. The van der Waals surface area contributed by atoms with Crippen LogP contribution in [0.4, 0.5) is 13.2 Å². The van der Waals surface area contributed by atoms with Crippen LogP contribution in [0.1, 0.15) is 26.3 Å². The number of carbonyl (C=O) groups excluding carboxylic acids is 2. The summed E-state index contributed by atoms with van der Waals surface area (Å²) in [5, 5.41) is 7.63. The van der Waals surface area contributed by atoms with E-state index >= 15 is 0 Å². The van der Waals surface area contributed by atoms with Crippen molar-refractivity contribution in [3.05, 3.63) is 65.4 Å². The van der Waals surface area contributed by atoms with Gasteiger partial charge in [-0.25, -0.2) is 0 Å². The number of halogens is 3. The summed E-state index contributed by atoms with van der Waals surface area (Å²) >= 11 is 0. The van der Waals surface area contributed by atoms with Crippen LogP contribution in [0.2, 0.25) is 0 Å². The standard InChI is InChI=1S/C20H17F3N4O2/c21-20(22,23)15-6-4-13(5-7-15)18(28)26-8-10-27(11-9-26)19(29)16-3-1-2-14-12-24-25-17(14)16/h1-7,12H,8-11H2,(H,24,25). The third-order valence-electron chi connectivity index (χ3n) is 5.02. The highest BCUT2D eigenvalue weighted by molar-refractivity contribution is 6.05. The Morgan fingerprint density at radius 2 is 1.52 bits per heavy atom. The van der Waals surface area contributed by atoms with E-state index in [2.05, 4.69) is 10.2 Å². The molecule has 2 amide bonds. The maximum atomic E-state index is 12.9. The summed E-state index contributed by atoms with van der Waals surface area (Å²) in [6.07, 6.45) is -2.79. The van der Waals surface area contributed by atoms with E-state index in [-0.39, 0.29) is 17.4 Å². The summed E-state index contributed by atoms with van der Waals surface area (Å²) in [7, 11) is 0. The SMILES string of the molecule is O=C(c1ccc(C(F)(F)F)cc1)N1CCN(C(=O)c2cccc3cn[nH]c23)CC1. The molecule has 1 aliphatic heterocycles. The molecule has 2 heterocycles. The normalized spacial score (nSPS) is 15.0. The number of benzene rings is 2. The molecule has 1 aromatic heterocycles. The zero-order chi connectivity index (χ0) is 20.6. The number of hydrogen-bond acceptors (Lipinski definition) is 3. The average molecular weight is 402 g/mol. The highest BCUT2D eigenvalue weighted by atomic mass is 19.4. The molecule has 3 aromatic rings. The van der Waals surface area contributed by atoms with E-state index < -0.39 is 11.7 Å². The Hall–Kier alpha value is -3.36. The molecule has 1 fully saturated rings. The summed E-state index contributed by atoms with van der Waals surface area (Å²) in [5.74, 6) is -0.497. The number of carbonyl (C=O) groups is 2. The average Bonchev–Trinajstić information content (AvgIpc) is 3.21. The molecular weight excluding hydrogens is 385 g/mol. The van der Waals surface area contributed by atoms with Crippen LogP contribution >= 0.6 is 0 Å². The third kappa shape index (κ3) is 3.67. The molecule has 1 aliphatic rings. The number of fused-ring (bicyclic) bond motifs is 1. The first-order valence-electron chi connectivity index (χ1n) is 9.02. The van der Waals surface area contributed by atoms with Gasteiger partial charge in [0, 0.05) is 37.1 Å². The summed E-state index contributed by atoms with van der Waals surface area (Å²) in [5.41, 5.74) is 0.584. The van der Waals surface area contributed by atoms with Crippen molar-refractivity contribution in [3.8, 4) is 0 Å². The monoisotopic (exact) mass is 402 g/mol. The molecule has 0 atom stereocenters. The number of nitrogens with zero attached hydrogens (tertiary/aromatic N) is 3. The fourth-order valence-electron chi connectivity index (χ4n) is 3.41. The molecule has 0 aliphatic carbocycles. The third-order valence-corrected chi connectivity index (χ3v) is 5.02. The van der Waals surface area contributed by atoms with Crippen molar-refractivity contribution in [2.75, 3.05) is 26.2 Å². The van der Waals surface area contributed by atoms with Crippen molar-refractivity contribution in [1.82, 2.24) is 20.0 Å². The van der Waals surface area contributed by atoms with Gasteiger partial charge in [0.05, 0.1) is 22.8 Å². The first-order valence-corrected chi connectivity index (χ1v) is 9.02. The number of rotatable bonds is 2. The summed E-state index contributed by atoms with van der Waals surface area (Å²) in [4.78, 5) is 28.6. The van der Waals surface area contributed by atoms with E-state index in [9.17, 15) is 22.8 Å². The predicted molar refractivity (Wildman–Crippen MR) is 99.3 cm³/mol. The number of piperazine rings is 1. The molecule has 0 bridgehead atoms. The van der Waals surface area contributed by atoms with Crippen LogP contribution in [0.3, 0.4) is 0 Å². The minimum atomic E-state index is -4.44. The van der Waals surface area contributed by atoms with E-state index in [0.717, 1.165) is 17.5 Å². The number of nitrogens with one attached hydrogen (secondary N) is 1. The molecule has 29 heavy (non-hydrogen) atoms. The van der Waals surface area contributed by atoms with Gasteiger partial charge in [0.15, 0.2) is 0 Å². The van der Waals surface area contributed by atoms with E-state index in [1.807, 2.05) is 6.07 Å². The second-order valence-electron chi connectivity index (χ2n) is 6.80. The Kier molecular flexibility index (Phi) is 4.73. The first kappa shape index (κ1) is 19.0. The largest absolute Gasteiger partial charge is 0.416 e. The van der Waals surface area contributed by atoms with E-state index in [4.69, 9.17) is 0 Å². The van der Waals surface area contributed by atoms with E-state index in [1.165, 1.54) is 12.1 Å². The van der Waals surface area contributed by atoms with Gasteiger partial charge in [0.25, 0.3) is 11.8 Å². The van der Waals surface area contributed by atoms with Gasteiger partial charge in [-0.05, 0) is 30.3 Å². The van der Waals surface area contributed by atoms with Crippen molar-refractivity contribution in [2.45, 2.75) is 6.18 Å². The molecule has 0 saturated carbocycles. The smallest absolute Gasteiger partial charge is 0.335 e. The lowest BCUT2D eigenvalue weighted by Crippen LogP contribution is -2.50. The van der Waals surface area contributed by atoms with Gasteiger partial charge >= 0.3 is 6.18 Å². The van der Waals surface area contributed by atoms with Crippen LogP contribution in [-0.2, 0) is 6.18 Å². The zero-order valence-corrected chi connectivity index (χ0v) is 15.2. The zero-order valence-electron chi connectivity index (χ0n) is 15.2. The van der Waals surface area contributed by atoms with Gasteiger partial charge in [0.1, 0.15) is 0 Å². The van der Waals surface area contributed by atoms with Crippen LogP contribution in [0.25, 0.3) is 10.9 Å². The van der Waals surface area contributed by atoms with Crippen LogP contribution < -0.4 is 0 Å². The van der Waals surface area contributed by atoms with Crippen molar-refractivity contribution in [1.29, 1.82) is 0 Å². The van der Waals surface area contributed by atoms with Crippen molar-refractivity contribution >= 4 is 22.7 Å². The highest BCUT2D eigenvalue weighted by Gasteiger charge is 2.31. The lowest BCUT2D eigenvalue weighted by molar-refractivity contribution is -0.137. The number of H-pyrrole nitrogens is 1. The van der Waals surface area contributed by atoms with Gasteiger partial charge in [-0.2, -0.15) is 18.3 Å². The minimum Gasteiger partial charge on any atom is -0.335 e. The minimum absolute atomic E-state index is 0.151. The first-order chi connectivity index (χ1) is 13.8. The van der Waals surface area contributed by atoms with Crippen molar-refractivity contribution < 1.29 is 22.8 Å². The molecule has 9 heteroatoms. The number of amides is 2. The number of hydrogen-bond donors (Lipinski definition) is 1. The summed E-state index contributed by atoms with van der Waals surface area (Å²) in [6, 6.07) is 9.54. The Bertz CT molecular complexity index is 1050. The quantitative estimate of drug-likeness (QED) is 0.716. The lowest BCUT2D eigenvalue weighted by Gasteiger charge is -2.35. The van der Waals surface area contributed by atoms with E-state index in [0.29, 0.717) is 37.3 Å². The van der Waals surface area contributed by atoms with Gasteiger partial charge in [-0.3, -0.25) is 14.7 Å². The Morgan fingerprint density at radius 1 is 0.897 bits per heavy atom. The Balaban J connectivity index is 1.42. The predicted octanol–water partition coefficient (Wildman–Crippen LogP) is 3.18. The fraction of sp³-hybridized carbons (Fsp3) is 0.250. The maximum Gasteiger partial charge on any atom is 0.416 e. The fourth-order valence-corrected chi connectivity index (χ4v) is 3.41. The summed E-state index contributed by atoms with van der Waals surface area (Å²) in [6.45, 7) is 1.31. The number of aromatic nitrogens is 2. The molecule has 1 N–H and O–H groups in total. The Morgan fingerprint density at radius 3 is 2.14 bits per heavy atom. The molecule has 0 radical (unpaired) electrons. The van der Waals surface area contributed by atoms with Gasteiger partial charge in [-0.1, -0.05) is 12.1 Å². The number of alkyl halides is 3. The van der Waals surface area contributed by atoms with Crippen molar-refractivity contribution in [2.24, 2.45) is 0 Å². The van der Waals surface area contributed by atoms with Gasteiger partial charge in [-0.15, -0.1) is 0 Å². The highest BCUT2D eigenvalue weighted by Crippen LogP contribution is 2.29. The van der Waals surface area contributed by atoms with Crippen molar-refractivity contribution in [3.63, 3.8) is 0 Å². The molecular formula is C20H17F3N4O2.